The van der Waals surface area contributed by atoms with Crippen molar-refractivity contribution in [3.05, 3.63) is 276 Å². The Kier molecular flexibility index (Phi) is 32.0. The van der Waals surface area contributed by atoms with Gasteiger partial charge in [0.1, 0.15) is 5.56 Å². The summed E-state index contributed by atoms with van der Waals surface area (Å²) in [6, 6.07) is 46.9. The summed E-state index contributed by atoms with van der Waals surface area (Å²) in [6.07, 6.45) is 18.1. The van der Waals surface area contributed by atoms with Crippen molar-refractivity contribution in [2.75, 3.05) is 42.6 Å². The van der Waals surface area contributed by atoms with E-state index in [1.54, 1.807) is 74.4 Å². The number of nitro groups is 2. The fraction of sp³-hybridized carbons (Fsp3) is 0.271. The first kappa shape index (κ1) is 77.0. The summed E-state index contributed by atoms with van der Waals surface area (Å²) in [4.78, 5) is 38.1. The molecule has 0 amide bonds. The zero-order valence-electron chi connectivity index (χ0n) is 54.3. The van der Waals surface area contributed by atoms with Crippen LogP contribution >= 0.6 is 22.6 Å². The molecule has 3 aromatic heterocycles. The largest absolute Gasteiger partial charge is 1.00 e. The van der Waals surface area contributed by atoms with Crippen LogP contribution in [0.5, 0.6) is 0 Å². The quantitative estimate of drug-likeness (QED) is 0.0283. The number of hydrogen-bond donors (Lipinski definition) is 1. The molecule has 0 radical (unpaired) electrons. The van der Waals surface area contributed by atoms with Gasteiger partial charge in [-0.3, -0.25) is 30.0 Å². The minimum atomic E-state index is -3.46. The van der Waals surface area contributed by atoms with Gasteiger partial charge >= 0.3 is 51.4 Å². The Balaban J connectivity index is 0.000000233. The van der Waals surface area contributed by atoms with Gasteiger partial charge in [-0.05, 0) is 175 Å². The molecule has 19 nitrogen and oxygen atoms in total. The molecule has 0 saturated carbocycles. The van der Waals surface area contributed by atoms with E-state index in [1.807, 2.05) is 92.5 Å². The van der Waals surface area contributed by atoms with Gasteiger partial charge in [-0.2, -0.15) is 0 Å². The molecule has 12 rings (SSSR count). The summed E-state index contributed by atoms with van der Waals surface area (Å²) in [5, 5.41) is 35.3. The van der Waals surface area contributed by atoms with Crippen LogP contribution in [-0.2, 0) is 62.7 Å². The van der Waals surface area contributed by atoms with E-state index in [-0.39, 0.29) is 103 Å². The number of anilines is 1. The van der Waals surface area contributed by atoms with Crippen molar-refractivity contribution < 1.29 is 93.6 Å². The second-order valence-electron chi connectivity index (χ2n) is 22.3. The molecule has 482 valence electrons. The summed E-state index contributed by atoms with van der Waals surface area (Å²) in [5.41, 5.74) is 21.1. The zero-order valence-corrected chi connectivity index (χ0v) is 62.6. The number of nitrogens with zero attached hydrogens (tertiary/aromatic N) is 12. The van der Waals surface area contributed by atoms with E-state index in [9.17, 15) is 28.6 Å². The van der Waals surface area contributed by atoms with Gasteiger partial charge < -0.3 is 38.8 Å². The first-order valence-electron chi connectivity index (χ1n) is 29.8. The van der Waals surface area contributed by atoms with Gasteiger partial charge in [-0.1, -0.05) is 125 Å². The van der Waals surface area contributed by atoms with Crippen molar-refractivity contribution in [3.63, 3.8) is 0 Å². The Morgan fingerprint density at radius 1 is 0.613 bits per heavy atom. The first-order valence-corrected chi connectivity index (χ1v) is 33.6. The number of halogens is 2. The van der Waals surface area contributed by atoms with E-state index in [4.69, 9.17) is 5.73 Å². The molecule has 0 atom stereocenters. The first-order chi connectivity index (χ1) is 43.8. The average molecular weight is 1520 g/mol. The normalized spacial score (nSPS) is 12.3. The smallest absolute Gasteiger partial charge is 1.00 e. The van der Waals surface area contributed by atoms with Crippen LogP contribution in [0.4, 0.5) is 17.1 Å². The molecule has 7 aromatic carbocycles. The number of sulfone groups is 1. The van der Waals surface area contributed by atoms with E-state index >= 15 is 0 Å². The van der Waals surface area contributed by atoms with Gasteiger partial charge in [0.15, 0.2) is 9.84 Å². The molecule has 0 fully saturated rings. The molecule has 2 aliphatic rings. The van der Waals surface area contributed by atoms with Crippen molar-refractivity contribution >= 4 is 55.6 Å². The van der Waals surface area contributed by atoms with Crippen LogP contribution < -0.4 is 81.1 Å². The van der Waals surface area contributed by atoms with Crippen molar-refractivity contribution in [2.45, 2.75) is 78.3 Å². The van der Waals surface area contributed by atoms with Gasteiger partial charge in [0.05, 0.1) is 44.4 Å². The zero-order chi connectivity index (χ0) is 65.5. The molecule has 0 bridgehead atoms. The number of nitrogen functional groups attached to an aromatic ring is 1. The number of tetrazole rings is 1. The Morgan fingerprint density at radius 2 is 1.08 bits per heavy atom. The number of nitrogens with two attached hydrogens (primary N) is 1. The number of aryl methyl sites for hydroxylation is 7. The van der Waals surface area contributed by atoms with Crippen LogP contribution in [-0.4, -0.2) is 104 Å². The van der Waals surface area contributed by atoms with Crippen LogP contribution in [0, 0.1) is 54.8 Å². The van der Waals surface area contributed by atoms with Crippen LogP contribution in [0.1, 0.15) is 66.8 Å². The van der Waals surface area contributed by atoms with Gasteiger partial charge in [0.2, 0.25) is 5.82 Å². The molecular weight excluding hydrogens is 1440 g/mol. The van der Waals surface area contributed by atoms with Crippen molar-refractivity contribution in [3.8, 4) is 17.1 Å². The molecule has 2 aliphatic heterocycles. The molecule has 0 aliphatic carbocycles. The summed E-state index contributed by atoms with van der Waals surface area (Å²) >= 11 is 2.15. The number of hydrogen-bond acceptors (Lipinski definition) is 14. The van der Waals surface area contributed by atoms with Crippen LogP contribution in [0.15, 0.2) is 194 Å². The van der Waals surface area contributed by atoms with Gasteiger partial charge in [-0.25, -0.2) is 18.4 Å². The second-order valence-corrected chi connectivity index (χ2v) is 24.4. The number of rotatable bonds is 14. The fourth-order valence-corrected chi connectivity index (χ4v) is 11.1. The minimum Gasteiger partial charge on any atom is -1.00 e. The molecule has 10 aromatic rings. The SMILES string of the molecule is CI.Cc1cc(-c2nnn(-c3ccc(CCN4CCc5ccccc5C4)cc3)n2)c([N+](=O)[O-])cc1C.Cc1ccc(S(=O)(=O)C/C=C/c2cc(C)c(C)cc2[N+](=O)[O-])cc1.Cn1ccnc1.Cn1ccnc1.Nc1ccc(CCN2CCc3ccccc3C2)cc1.[I-].[K+]. The van der Waals surface area contributed by atoms with E-state index in [2.05, 4.69) is 131 Å². The molecule has 0 saturated heterocycles. The molecule has 93 heavy (non-hydrogen) atoms. The number of aromatic nitrogens is 8. The van der Waals surface area contributed by atoms with Crippen molar-refractivity contribution in [2.24, 2.45) is 14.1 Å². The van der Waals surface area contributed by atoms with E-state index in [1.165, 1.54) is 69.4 Å². The summed E-state index contributed by atoms with van der Waals surface area (Å²) in [7, 11) is 0.420. The third-order valence-electron chi connectivity index (χ3n) is 15.6. The fourth-order valence-electron chi connectivity index (χ4n) is 10.0. The van der Waals surface area contributed by atoms with E-state index in [0.29, 0.717) is 11.1 Å². The van der Waals surface area contributed by atoms with Gasteiger partial charge in [-0.15, -0.1) is 15.0 Å². The maximum atomic E-state index is 12.3. The number of nitro benzene ring substituents is 2. The van der Waals surface area contributed by atoms with E-state index in [0.717, 1.165) is 91.2 Å². The minimum absolute atomic E-state index is 0. The molecule has 2 N–H and O–H groups in total. The summed E-state index contributed by atoms with van der Waals surface area (Å²) < 4.78 is 28.4. The van der Waals surface area contributed by atoms with Crippen LogP contribution in [0.3, 0.4) is 0 Å². The second kappa shape index (κ2) is 38.6. The molecular formula is C70H80I2KN13O6S. The predicted octanol–water partition coefficient (Wildman–Crippen LogP) is 7.23. The number of benzene rings is 7. The van der Waals surface area contributed by atoms with Crippen LogP contribution in [0.25, 0.3) is 23.2 Å². The molecule has 5 heterocycles. The Morgan fingerprint density at radius 3 is 1.54 bits per heavy atom. The maximum absolute atomic E-state index is 12.3. The monoisotopic (exact) mass is 1520 g/mol. The Bertz CT molecular complexity index is 4070. The molecule has 0 unspecified atom stereocenters. The standard InChI is InChI=1S/C26H26N6O2.C18H19NO4S.C17H20N2.2C4H6N2.CH3I.HI.K/c1-18-15-24(25(32(33)34)16-19(18)2)26-27-29-31(28-26)23-9-7-20(8-10-23)11-13-30-14-12-21-5-3-4-6-22(21)17-30;1-13-6-8-17(9-7-13)24(22,23)10-4-5-16-11-14(2)15(3)12-18(16)19(20)21;18-17-7-5-14(6-8-17)9-11-19-12-10-15-3-1-2-4-16(15)13-19;2*1-6-3-2-5-4-6;1-2;;/h3-10,15-16H,11-14,17H2,1-2H3;4-9,11-12H,10H2,1-3H3;1-8H,9-13,18H2;2*2-4H,1H3;1H3;1H;/q;;;;;;;+1/p-1/b;5-4+;;;;;;. The predicted molar refractivity (Wildman–Crippen MR) is 371 cm³/mol. The summed E-state index contributed by atoms with van der Waals surface area (Å²) in [6.45, 7) is 15.8. The van der Waals surface area contributed by atoms with Gasteiger partial charge in [0.25, 0.3) is 11.4 Å². The third-order valence-corrected chi connectivity index (χ3v) is 17.2. The Labute approximate surface area is 619 Å². The number of imidazole rings is 2. The van der Waals surface area contributed by atoms with Crippen LogP contribution in [0.2, 0.25) is 0 Å². The molecule has 0 spiro atoms. The Hall–Kier alpha value is -6.66. The summed E-state index contributed by atoms with van der Waals surface area (Å²) in [5.74, 6) is 0.0319. The van der Waals surface area contributed by atoms with Crippen molar-refractivity contribution in [1.29, 1.82) is 0 Å². The third kappa shape index (κ3) is 23.9. The topological polar surface area (TPSA) is 232 Å². The average Bonchev–Trinajstić information content (AvgIpc) is 1.77. The van der Waals surface area contributed by atoms with Gasteiger partial charge in [0, 0.05) is 96.0 Å². The van der Waals surface area contributed by atoms with E-state index < -0.39 is 19.7 Å². The number of alkyl halides is 1. The maximum Gasteiger partial charge on any atom is 1.00 e. The van der Waals surface area contributed by atoms with Crippen molar-refractivity contribution in [1.82, 2.24) is 49.1 Å². The molecule has 23 heteroatoms. The number of fused-ring (bicyclic) bond motifs is 2.